The summed E-state index contributed by atoms with van der Waals surface area (Å²) >= 11 is 13.9. The molecule has 0 radical (unpaired) electrons. The van der Waals surface area contributed by atoms with Gasteiger partial charge in [0.15, 0.2) is 5.82 Å². The van der Waals surface area contributed by atoms with Crippen molar-refractivity contribution in [1.29, 1.82) is 0 Å². The highest BCUT2D eigenvalue weighted by molar-refractivity contribution is 7.18. The number of aromatic amines is 1. The number of aryl methyl sites for hydroxylation is 2. The number of phenolic OH excluding ortho intramolecular Hbond substituents is 1. The Hall–Kier alpha value is -1.82. The fourth-order valence-corrected chi connectivity index (χ4v) is 4.77. The van der Waals surface area contributed by atoms with Crippen molar-refractivity contribution in [1.82, 2.24) is 9.97 Å². The number of nitrogens with one attached hydrogen (secondary N) is 1. The summed E-state index contributed by atoms with van der Waals surface area (Å²) < 4.78 is 0. The molecule has 0 aliphatic heterocycles. The number of fused-ring (bicyclic) bond motifs is 3. The van der Waals surface area contributed by atoms with Crippen molar-refractivity contribution in [3.05, 3.63) is 55.4 Å². The molecule has 2 aromatic heterocycles. The minimum Gasteiger partial charge on any atom is -0.506 e. The number of aromatic nitrogens is 2. The molecule has 7 heteroatoms. The Balaban J connectivity index is 1.79. The van der Waals surface area contributed by atoms with E-state index in [4.69, 9.17) is 23.2 Å². The van der Waals surface area contributed by atoms with Crippen LogP contribution in [0.3, 0.4) is 0 Å². The lowest BCUT2D eigenvalue weighted by atomic mass is 9.97. The average molecular weight is 393 g/mol. The van der Waals surface area contributed by atoms with Gasteiger partial charge in [-0.15, -0.1) is 11.3 Å². The molecule has 0 fully saturated rings. The summed E-state index contributed by atoms with van der Waals surface area (Å²) in [4.78, 5) is 21.9. The smallest absolute Gasteiger partial charge is 0.260 e. The molecule has 4 nitrogen and oxygen atoms in total. The van der Waals surface area contributed by atoms with Gasteiger partial charge < -0.3 is 10.1 Å². The lowest BCUT2D eigenvalue weighted by Gasteiger charge is -2.09. The van der Waals surface area contributed by atoms with Gasteiger partial charge in [-0.2, -0.15) is 0 Å². The number of aromatic hydroxyl groups is 1. The molecule has 2 N–H and O–H groups in total. The first-order valence-corrected chi connectivity index (χ1v) is 9.51. The number of H-pyrrole nitrogens is 1. The van der Waals surface area contributed by atoms with Crippen molar-refractivity contribution >= 4 is 55.9 Å². The van der Waals surface area contributed by atoms with Crippen LogP contribution in [-0.4, -0.2) is 15.1 Å². The Labute approximate surface area is 157 Å². The van der Waals surface area contributed by atoms with E-state index in [-0.39, 0.29) is 16.3 Å². The monoisotopic (exact) mass is 392 g/mol. The fourth-order valence-electron chi connectivity index (χ4n) is 3.10. The van der Waals surface area contributed by atoms with Gasteiger partial charge in [-0.05, 0) is 55.0 Å². The number of nitrogens with zero attached hydrogens (tertiary/aromatic N) is 1. The molecule has 0 saturated carbocycles. The van der Waals surface area contributed by atoms with Gasteiger partial charge >= 0.3 is 0 Å². The molecule has 0 atom stereocenters. The molecule has 4 rings (SSSR count). The highest BCUT2D eigenvalue weighted by atomic mass is 35.5. The van der Waals surface area contributed by atoms with Gasteiger partial charge in [-0.3, -0.25) is 4.79 Å². The summed E-state index contributed by atoms with van der Waals surface area (Å²) in [6, 6.07) is 4.77. The summed E-state index contributed by atoms with van der Waals surface area (Å²) in [5.41, 5.74) is 1.72. The zero-order valence-electron chi connectivity index (χ0n) is 13.1. The lowest BCUT2D eigenvalue weighted by Crippen LogP contribution is -2.12. The van der Waals surface area contributed by atoms with E-state index in [2.05, 4.69) is 9.97 Å². The minimum absolute atomic E-state index is 0.00653. The second-order valence-corrected chi connectivity index (χ2v) is 7.91. The second kappa shape index (κ2) is 6.48. The standard InChI is InChI=1S/C18H14Cl2N2O2S/c19-11-7-9(5-6-13(11)23)8-12(20)16-21-17(24)15-10-3-1-2-4-14(10)25-18(15)22-16/h5-8,23H,1-4H2,(H,21,22,24)/b12-8+. The van der Waals surface area contributed by atoms with Crippen LogP contribution in [0.25, 0.3) is 21.3 Å². The van der Waals surface area contributed by atoms with Crippen molar-refractivity contribution in [3.8, 4) is 5.75 Å². The first-order valence-electron chi connectivity index (χ1n) is 7.93. The molecule has 0 bridgehead atoms. The molecule has 0 amide bonds. The molecule has 128 valence electrons. The molecular weight excluding hydrogens is 379 g/mol. The Kier molecular flexibility index (Phi) is 4.31. The molecular formula is C18H14Cl2N2O2S. The summed E-state index contributed by atoms with van der Waals surface area (Å²) in [5, 5.41) is 10.7. The summed E-state index contributed by atoms with van der Waals surface area (Å²) in [7, 11) is 0. The molecule has 2 heterocycles. The van der Waals surface area contributed by atoms with E-state index in [1.54, 1.807) is 29.5 Å². The number of hydrogen-bond donors (Lipinski definition) is 2. The van der Waals surface area contributed by atoms with Crippen LogP contribution in [0, 0.1) is 0 Å². The maximum atomic E-state index is 12.6. The molecule has 0 spiro atoms. The quantitative estimate of drug-likeness (QED) is 0.647. The van der Waals surface area contributed by atoms with Crippen LogP contribution >= 0.6 is 34.5 Å². The Morgan fingerprint density at radius 1 is 1.32 bits per heavy atom. The third-order valence-electron chi connectivity index (χ3n) is 4.32. The van der Waals surface area contributed by atoms with E-state index in [0.29, 0.717) is 21.8 Å². The lowest BCUT2D eigenvalue weighted by molar-refractivity contribution is 0.475. The molecule has 1 aliphatic rings. The van der Waals surface area contributed by atoms with Crippen LogP contribution in [0.2, 0.25) is 5.02 Å². The van der Waals surface area contributed by atoms with Crippen molar-refractivity contribution in [2.75, 3.05) is 0 Å². The van der Waals surface area contributed by atoms with Crippen LogP contribution in [0.4, 0.5) is 0 Å². The largest absolute Gasteiger partial charge is 0.506 e. The number of benzene rings is 1. The van der Waals surface area contributed by atoms with E-state index in [9.17, 15) is 9.90 Å². The maximum Gasteiger partial charge on any atom is 0.260 e. The number of rotatable bonds is 2. The van der Waals surface area contributed by atoms with E-state index in [1.807, 2.05) is 0 Å². The number of phenols is 1. The number of thiophene rings is 1. The Morgan fingerprint density at radius 3 is 2.92 bits per heavy atom. The maximum absolute atomic E-state index is 12.6. The predicted octanol–water partition coefficient (Wildman–Crippen LogP) is 4.96. The predicted molar refractivity (Wildman–Crippen MR) is 104 cm³/mol. The highest BCUT2D eigenvalue weighted by Gasteiger charge is 2.20. The van der Waals surface area contributed by atoms with E-state index < -0.39 is 0 Å². The molecule has 1 aliphatic carbocycles. The second-order valence-electron chi connectivity index (χ2n) is 6.01. The molecule has 0 saturated heterocycles. The van der Waals surface area contributed by atoms with Crippen LogP contribution in [0.1, 0.15) is 34.7 Å². The average Bonchev–Trinajstić information content (AvgIpc) is 2.97. The molecule has 0 unspecified atom stereocenters. The Morgan fingerprint density at radius 2 is 2.12 bits per heavy atom. The molecule has 3 aromatic rings. The van der Waals surface area contributed by atoms with Crippen molar-refractivity contribution in [2.45, 2.75) is 25.7 Å². The van der Waals surface area contributed by atoms with Gasteiger partial charge in [-0.1, -0.05) is 29.3 Å². The van der Waals surface area contributed by atoms with Gasteiger partial charge in [0.2, 0.25) is 0 Å². The van der Waals surface area contributed by atoms with Crippen LogP contribution in [-0.2, 0) is 12.8 Å². The van der Waals surface area contributed by atoms with E-state index in [1.165, 1.54) is 10.9 Å². The third-order valence-corrected chi connectivity index (χ3v) is 6.09. The number of halogens is 2. The summed E-state index contributed by atoms with van der Waals surface area (Å²) in [6.07, 6.45) is 5.88. The molecule has 25 heavy (non-hydrogen) atoms. The van der Waals surface area contributed by atoms with Gasteiger partial charge in [0.1, 0.15) is 10.6 Å². The zero-order valence-corrected chi connectivity index (χ0v) is 15.4. The zero-order chi connectivity index (χ0) is 17.6. The van der Waals surface area contributed by atoms with Gasteiger partial charge in [0.05, 0.1) is 15.4 Å². The topological polar surface area (TPSA) is 66.0 Å². The minimum atomic E-state index is -0.144. The van der Waals surface area contributed by atoms with Gasteiger partial charge in [0, 0.05) is 4.88 Å². The summed E-state index contributed by atoms with van der Waals surface area (Å²) in [5.74, 6) is 0.342. The van der Waals surface area contributed by atoms with Gasteiger partial charge in [-0.25, -0.2) is 4.98 Å². The van der Waals surface area contributed by atoms with Crippen LogP contribution < -0.4 is 5.56 Å². The van der Waals surface area contributed by atoms with Crippen LogP contribution in [0.5, 0.6) is 5.75 Å². The fraction of sp³-hybridized carbons (Fsp3) is 0.222. The van der Waals surface area contributed by atoms with Gasteiger partial charge in [0.25, 0.3) is 5.56 Å². The first-order chi connectivity index (χ1) is 12.0. The highest BCUT2D eigenvalue weighted by Crippen LogP contribution is 2.34. The third kappa shape index (κ3) is 3.08. The Bertz CT molecular complexity index is 1070. The van der Waals surface area contributed by atoms with Crippen molar-refractivity contribution in [3.63, 3.8) is 0 Å². The first kappa shape index (κ1) is 16.6. The normalized spacial score (nSPS) is 14.7. The van der Waals surface area contributed by atoms with E-state index in [0.717, 1.165) is 36.1 Å². The van der Waals surface area contributed by atoms with Crippen molar-refractivity contribution < 1.29 is 5.11 Å². The SMILES string of the molecule is O=c1[nH]c(/C(Cl)=C\c2ccc(O)c(Cl)c2)nc2sc3c(c12)CCCC3. The van der Waals surface area contributed by atoms with E-state index >= 15 is 0 Å². The van der Waals surface area contributed by atoms with Crippen LogP contribution in [0.15, 0.2) is 23.0 Å². The number of hydrogen-bond acceptors (Lipinski definition) is 4. The molecule has 1 aromatic carbocycles. The van der Waals surface area contributed by atoms with Crippen molar-refractivity contribution in [2.24, 2.45) is 0 Å². The summed E-state index contributed by atoms with van der Waals surface area (Å²) in [6.45, 7) is 0.